The summed E-state index contributed by atoms with van der Waals surface area (Å²) in [7, 11) is 3.97. The molecule has 0 spiro atoms. The van der Waals surface area contributed by atoms with Gasteiger partial charge in [0.25, 0.3) is 5.91 Å². The van der Waals surface area contributed by atoms with E-state index in [2.05, 4.69) is 30.5 Å². The monoisotopic (exact) mass is 533 g/mol. The highest BCUT2D eigenvalue weighted by molar-refractivity contribution is 5.94. The van der Waals surface area contributed by atoms with E-state index in [-0.39, 0.29) is 17.6 Å². The van der Waals surface area contributed by atoms with Crippen LogP contribution in [-0.2, 0) is 11.3 Å². The molecule has 1 aliphatic rings. The number of nitrogens with one attached hydrogen (secondary N) is 1. The number of likely N-dealkylation sites (tertiary alicyclic amines) is 1. The van der Waals surface area contributed by atoms with Crippen LogP contribution in [0.3, 0.4) is 0 Å². The fourth-order valence-electron chi connectivity index (χ4n) is 4.46. The molecule has 13 nitrogen and oxygen atoms in total. The van der Waals surface area contributed by atoms with Crippen molar-refractivity contribution in [2.24, 2.45) is 0 Å². The number of amides is 2. The van der Waals surface area contributed by atoms with E-state index in [1.54, 1.807) is 36.5 Å². The summed E-state index contributed by atoms with van der Waals surface area (Å²) < 4.78 is 12.8. The topological polar surface area (TPSA) is 158 Å². The van der Waals surface area contributed by atoms with Gasteiger partial charge >= 0.3 is 0 Å². The number of rotatable bonds is 11. The molecule has 4 aromatic rings. The smallest absolute Gasteiger partial charge is 0.251 e. The van der Waals surface area contributed by atoms with Crippen LogP contribution in [0.4, 0.5) is 5.82 Å². The van der Waals surface area contributed by atoms with Crippen LogP contribution in [0.2, 0.25) is 0 Å². The first-order chi connectivity index (χ1) is 18.9. The standard InChI is InChI=1S/C26H31N9O4/c1-33(2)12-13-35-20-15-21(29-16-19(20)30-25(35)23-24(27)32-39-31-23)38-18-7-3-6-17(14-18)26(37)28-9-5-11-34-10-4-8-22(34)36/h3,6-7,14-16H,4-5,8-13H2,1-2H3,(H2,27,32)(H,28,37). The average Bonchev–Trinajstić information content (AvgIpc) is 3.63. The summed E-state index contributed by atoms with van der Waals surface area (Å²) in [5.74, 6) is 1.48. The predicted molar refractivity (Wildman–Crippen MR) is 143 cm³/mol. The average molecular weight is 534 g/mol. The molecule has 13 heteroatoms. The molecule has 1 aliphatic heterocycles. The number of hydrogen-bond acceptors (Lipinski definition) is 10. The third-order valence-corrected chi connectivity index (χ3v) is 6.49. The van der Waals surface area contributed by atoms with Gasteiger partial charge in [-0.2, -0.15) is 0 Å². The predicted octanol–water partition coefficient (Wildman–Crippen LogP) is 2.16. The van der Waals surface area contributed by atoms with E-state index in [1.165, 1.54) is 0 Å². The Morgan fingerprint density at radius 2 is 2.10 bits per heavy atom. The molecule has 2 amide bonds. The van der Waals surface area contributed by atoms with Gasteiger partial charge in [0.05, 0.1) is 11.7 Å². The van der Waals surface area contributed by atoms with Gasteiger partial charge in [-0.05, 0) is 55.4 Å². The fourth-order valence-corrected chi connectivity index (χ4v) is 4.46. The molecule has 0 radical (unpaired) electrons. The number of ether oxygens (including phenoxy) is 1. The molecule has 39 heavy (non-hydrogen) atoms. The minimum Gasteiger partial charge on any atom is -0.439 e. The number of carbonyl (C=O) groups excluding carboxylic acids is 2. The van der Waals surface area contributed by atoms with Crippen LogP contribution < -0.4 is 15.8 Å². The van der Waals surface area contributed by atoms with Gasteiger partial charge in [0.15, 0.2) is 17.3 Å². The Morgan fingerprint density at radius 3 is 2.85 bits per heavy atom. The molecular formula is C26H31N9O4. The highest BCUT2D eigenvalue weighted by Crippen LogP contribution is 2.29. The minimum absolute atomic E-state index is 0.153. The molecule has 1 saturated heterocycles. The molecule has 5 rings (SSSR count). The van der Waals surface area contributed by atoms with Crippen LogP contribution in [-0.4, -0.2) is 86.7 Å². The Hall–Kier alpha value is -4.52. The molecule has 1 aromatic carbocycles. The van der Waals surface area contributed by atoms with Crippen molar-refractivity contribution in [3.8, 4) is 23.1 Å². The lowest BCUT2D eigenvalue weighted by atomic mass is 10.2. The third kappa shape index (κ3) is 5.98. The zero-order valence-electron chi connectivity index (χ0n) is 22.0. The Balaban J connectivity index is 1.29. The summed E-state index contributed by atoms with van der Waals surface area (Å²) in [5, 5.41) is 10.5. The van der Waals surface area contributed by atoms with Crippen molar-refractivity contribution >= 4 is 28.7 Å². The van der Waals surface area contributed by atoms with Crippen molar-refractivity contribution in [3.63, 3.8) is 0 Å². The summed E-state index contributed by atoms with van der Waals surface area (Å²) in [6.45, 7) is 3.29. The Bertz CT molecular complexity index is 1480. The summed E-state index contributed by atoms with van der Waals surface area (Å²) in [4.78, 5) is 37.4. The van der Waals surface area contributed by atoms with Gasteiger partial charge in [-0.25, -0.2) is 14.6 Å². The number of carbonyl (C=O) groups is 2. The van der Waals surface area contributed by atoms with Gasteiger partial charge in [-0.3, -0.25) is 9.59 Å². The number of nitrogens with zero attached hydrogens (tertiary/aromatic N) is 7. The maximum atomic E-state index is 12.7. The van der Waals surface area contributed by atoms with Crippen LogP contribution >= 0.6 is 0 Å². The number of aromatic nitrogens is 5. The molecule has 0 bridgehead atoms. The van der Waals surface area contributed by atoms with E-state index >= 15 is 0 Å². The van der Waals surface area contributed by atoms with Gasteiger partial charge in [0.1, 0.15) is 11.3 Å². The molecule has 4 heterocycles. The van der Waals surface area contributed by atoms with E-state index in [0.29, 0.717) is 66.7 Å². The molecule has 0 saturated carbocycles. The van der Waals surface area contributed by atoms with Crippen molar-refractivity contribution in [1.82, 2.24) is 40.0 Å². The van der Waals surface area contributed by atoms with Crippen LogP contribution in [0, 0.1) is 0 Å². The van der Waals surface area contributed by atoms with Crippen molar-refractivity contribution in [3.05, 3.63) is 42.1 Å². The number of likely N-dealkylation sites (N-methyl/N-ethyl adjacent to an activating group) is 1. The normalized spacial score (nSPS) is 13.5. The SMILES string of the molecule is CN(C)CCn1c(-c2nonc2N)nc2cnc(Oc3cccc(C(=O)NCCCN4CCCC4=O)c3)cc21. The Labute approximate surface area is 224 Å². The highest BCUT2D eigenvalue weighted by atomic mass is 16.6. The zero-order valence-corrected chi connectivity index (χ0v) is 22.0. The Morgan fingerprint density at radius 1 is 1.23 bits per heavy atom. The maximum absolute atomic E-state index is 12.7. The first-order valence-electron chi connectivity index (χ1n) is 12.8. The molecular weight excluding hydrogens is 502 g/mol. The summed E-state index contributed by atoms with van der Waals surface area (Å²) >= 11 is 0. The number of nitrogens with two attached hydrogens (primary N) is 1. The van der Waals surface area contributed by atoms with Gasteiger partial charge < -0.3 is 30.2 Å². The van der Waals surface area contributed by atoms with Crippen LogP contribution in [0.25, 0.3) is 22.6 Å². The van der Waals surface area contributed by atoms with Crippen LogP contribution in [0.5, 0.6) is 11.6 Å². The third-order valence-electron chi connectivity index (χ3n) is 6.49. The fraction of sp³-hybridized carbons (Fsp3) is 0.385. The minimum atomic E-state index is -0.207. The van der Waals surface area contributed by atoms with E-state index in [9.17, 15) is 9.59 Å². The first kappa shape index (κ1) is 26.1. The summed E-state index contributed by atoms with van der Waals surface area (Å²) in [6.07, 6.45) is 3.85. The number of anilines is 1. The van der Waals surface area contributed by atoms with Gasteiger partial charge in [0.2, 0.25) is 11.8 Å². The second kappa shape index (κ2) is 11.5. The maximum Gasteiger partial charge on any atom is 0.251 e. The van der Waals surface area contributed by atoms with Gasteiger partial charge in [-0.1, -0.05) is 6.07 Å². The van der Waals surface area contributed by atoms with Gasteiger partial charge in [0, 0.05) is 50.8 Å². The number of benzene rings is 1. The van der Waals surface area contributed by atoms with E-state index in [0.717, 1.165) is 25.0 Å². The molecule has 3 N–H and O–H groups in total. The second-order valence-corrected chi connectivity index (χ2v) is 9.62. The molecule has 0 atom stereocenters. The van der Waals surface area contributed by atoms with Crippen molar-refractivity contribution in [2.75, 3.05) is 46.0 Å². The number of nitrogen functional groups attached to an aromatic ring is 1. The molecule has 204 valence electrons. The quantitative estimate of drug-likeness (QED) is 0.274. The molecule has 1 fully saturated rings. The van der Waals surface area contributed by atoms with Gasteiger partial charge in [-0.15, -0.1) is 0 Å². The second-order valence-electron chi connectivity index (χ2n) is 9.62. The molecule has 0 unspecified atom stereocenters. The number of imidazole rings is 1. The Kier molecular flexibility index (Phi) is 7.68. The largest absolute Gasteiger partial charge is 0.439 e. The summed E-state index contributed by atoms with van der Waals surface area (Å²) in [5.41, 5.74) is 8.20. The van der Waals surface area contributed by atoms with E-state index in [1.807, 2.05) is 23.6 Å². The number of hydrogen-bond donors (Lipinski definition) is 2. The lowest BCUT2D eigenvalue weighted by Gasteiger charge is -2.15. The number of fused-ring (bicyclic) bond motifs is 1. The van der Waals surface area contributed by atoms with Crippen LogP contribution in [0.1, 0.15) is 29.6 Å². The first-order valence-corrected chi connectivity index (χ1v) is 12.8. The lowest BCUT2D eigenvalue weighted by Crippen LogP contribution is -2.30. The van der Waals surface area contributed by atoms with Crippen molar-refractivity contribution in [1.29, 1.82) is 0 Å². The molecule has 0 aliphatic carbocycles. The highest BCUT2D eigenvalue weighted by Gasteiger charge is 2.21. The zero-order chi connectivity index (χ0) is 27.4. The summed E-state index contributed by atoms with van der Waals surface area (Å²) in [6, 6.07) is 8.70. The lowest BCUT2D eigenvalue weighted by molar-refractivity contribution is -0.127. The van der Waals surface area contributed by atoms with Crippen molar-refractivity contribution < 1.29 is 19.0 Å². The van der Waals surface area contributed by atoms with Crippen LogP contribution in [0.15, 0.2) is 41.2 Å². The molecule has 3 aromatic heterocycles. The van der Waals surface area contributed by atoms with E-state index in [4.69, 9.17) is 15.1 Å². The number of pyridine rings is 1. The van der Waals surface area contributed by atoms with E-state index < -0.39 is 0 Å². The van der Waals surface area contributed by atoms with Crippen molar-refractivity contribution in [2.45, 2.75) is 25.8 Å².